The number of amides is 1. The van der Waals surface area contributed by atoms with Crippen LogP contribution in [0.5, 0.6) is 0 Å². The van der Waals surface area contributed by atoms with Gasteiger partial charge in [-0.25, -0.2) is 4.39 Å². The van der Waals surface area contributed by atoms with E-state index in [2.05, 4.69) is 5.32 Å². The van der Waals surface area contributed by atoms with Gasteiger partial charge in [0.1, 0.15) is 5.82 Å². The van der Waals surface area contributed by atoms with E-state index < -0.39 is 23.5 Å². The largest absolute Gasteiger partial charge is 0.419 e. The van der Waals surface area contributed by atoms with Crippen molar-refractivity contribution in [1.29, 1.82) is 0 Å². The Hall–Kier alpha value is -1.34. The molecule has 1 amide bonds. The minimum atomic E-state index is -4.81. The monoisotopic (exact) mass is 368 g/mol. The summed E-state index contributed by atoms with van der Waals surface area (Å²) in [5.41, 5.74) is -1.51. The fraction of sp³-hybridized carbons (Fsp3) is 0.562. The molecule has 0 aliphatic carbocycles. The number of carbonyl (C=O) groups excluding carboxylic acids is 1. The van der Waals surface area contributed by atoms with Gasteiger partial charge in [0.15, 0.2) is 0 Å². The zero-order chi connectivity index (χ0) is 17.0. The quantitative estimate of drug-likeness (QED) is 0.821. The Morgan fingerprint density at radius 1 is 1.29 bits per heavy atom. The van der Waals surface area contributed by atoms with Crippen molar-refractivity contribution in [3.63, 3.8) is 0 Å². The topological polar surface area (TPSA) is 32.3 Å². The maximum atomic E-state index is 13.3. The number of halogens is 5. The number of carbonyl (C=O) groups is 1. The first-order valence-electron chi connectivity index (χ1n) is 7.63. The third-order valence-corrected chi connectivity index (χ3v) is 4.22. The molecule has 0 atom stereocenters. The van der Waals surface area contributed by atoms with E-state index in [1.807, 2.05) is 7.05 Å². The van der Waals surface area contributed by atoms with E-state index in [4.69, 9.17) is 0 Å². The lowest BCUT2D eigenvalue weighted by Gasteiger charge is -2.32. The summed E-state index contributed by atoms with van der Waals surface area (Å²) in [6, 6.07) is 2.42. The number of alkyl halides is 3. The smallest absolute Gasteiger partial charge is 0.339 e. The first kappa shape index (κ1) is 20.7. The number of nitrogens with one attached hydrogen (secondary N) is 1. The van der Waals surface area contributed by atoms with Gasteiger partial charge in [0, 0.05) is 18.7 Å². The van der Waals surface area contributed by atoms with Crippen molar-refractivity contribution in [3.05, 3.63) is 35.1 Å². The number of piperidine rings is 1. The molecule has 2 rings (SSSR count). The molecule has 0 spiro atoms. The summed E-state index contributed by atoms with van der Waals surface area (Å²) >= 11 is 0. The van der Waals surface area contributed by atoms with Gasteiger partial charge in [0.25, 0.3) is 5.91 Å². The van der Waals surface area contributed by atoms with Crippen molar-refractivity contribution in [2.75, 3.05) is 26.7 Å². The standard InChI is InChI=1S/C16H20F4N2O.ClH/c1-21-7-4-11-5-8-22(9-6-11)15(23)12-2-3-14(17)13(10-12)16(18,19)20;/h2-3,10-11,21H,4-9H2,1H3;1H. The van der Waals surface area contributed by atoms with Crippen molar-refractivity contribution < 1.29 is 22.4 Å². The van der Waals surface area contributed by atoms with Crippen LogP contribution in [0, 0.1) is 11.7 Å². The summed E-state index contributed by atoms with van der Waals surface area (Å²) < 4.78 is 51.5. The summed E-state index contributed by atoms with van der Waals surface area (Å²) in [5.74, 6) is -1.31. The van der Waals surface area contributed by atoms with Gasteiger partial charge >= 0.3 is 6.18 Å². The Morgan fingerprint density at radius 2 is 1.92 bits per heavy atom. The second kappa shape index (κ2) is 8.67. The van der Waals surface area contributed by atoms with Crippen molar-refractivity contribution in [2.24, 2.45) is 5.92 Å². The SMILES string of the molecule is CNCCC1CCN(C(=O)c2ccc(F)c(C(F)(F)F)c2)CC1.Cl. The van der Waals surface area contributed by atoms with Gasteiger partial charge in [-0.2, -0.15) is 13.2 Å². The van der Waals surface area contributed by atoms with Crippen LogP contribution in [0.3, 0.4) is 0 Å². The molecule has 8 heteroatoms. The molecule has 1 aromatic carbocycles. The van der Waals surface area contributed by atoms with Crippen LogP contribution in [-0.4, -0.2) is 37.5 Å². The highest BCUT2D eigenvalue weighted by molar-refractivity contribution is 5.94. The fourth-order valence-corrected chi connectivity index (χ4v) is 2.83. The van der Waals surface area contributed by atoms with Gasteiger partial charge in [-0.05, 0) is 57.0 Å². The average Bonchev–Trinajstić information content (AvgIpc) is 2.52. The lowest BCUT2D eigenvalue weighted by molar-refractivity contribution is -0.140. The number of nitrogens with zero attached hydrogens (tertiary/aromatic N) is 1. The molecule has 1 fully saturated rings. The molecular weight excluding hydrogens is 348 g/mol. The average molecular weight is 369 g/mol. The fourth-order valence-electron chi connectivity index (χ4n) is 2.83. The molecule has 3 nitrogen and oxygen atoms in total. The third-order valence-electron chi connectivity index (χ3n) is 4.22. The van der Waals surface area contributed by atoms with Gasteiger partial charge in [-0.1, -0.05) is 0 Å². The van der Waals surface area contributed by atoms with E-state index in [-0.39, 0.29) is 18.0 Å². The molecule has 1 heterocycles. The van der Waals surface area contributed by atoms with Crippen molar-refractivity contribution in [1.82, 2.24) is 10.2 Å². The lowest BCUT2D eigenvalue weighted by atomic mass is 9.93. The Bertz CT molecular complexity index is 557. The van der Waals surface area contributed by atoms with Crippen LogP contribution in [0.25, 0.3) is 0 Å². The predicted octanol–water partition coefficient (Wildman–Crippen LogP) is 3.73. The number of hydrogen-bond acceptors (Lipinski definition) is 2. The minimum absolute atomic E-state index is 0. The maximum Gasteiger partial charge on any atom is 0.419 e. The Morgan fingerprint density at radius 3 is 2.46 bits per heavy atom. The van der Waals surface area contributed by atoms with Gasteiger partial charge in [-0.15, -0.1) is 12.4 Å². The van der Waals surface area contributed by atoms with E-state index in [9.17, 15) is 22.4 Å². The highest BCUT2D eigenvalue weighted by Gasteiger charge is 2.35. The molecule has 0 radical (unpaired) electrons. The van der Waals surface area contributed by atoms with Crippen LogP contribution in [0.1, 0.15) is 35.2 Å². The van der Waals surface area contributed by atoms with Crippen LogP contribution >= 0.6 is 12.4 Å². The zero-order valence-corrected chi connectivity index (χ0v) is 14.1. The third kappa shape index (κ3) is 5.08. The normalized spacial score (nSPS) is 16.0. The van der Waals surface area contributed by atoms with Crippen molar-refractivity contribution >= 4 is 18.3 Å². The molecule has 0 saturated carbocycles. The van der Waals surface area contributed by atoms with E-state index in [0.29, 0.717) is 31.1 Å². The van der Waals surface area contributed by atoms with Crippen LogP contribution in [0.2, 0.25) is 0 Å². The van der Waals surface area contributed by atoms with Crippen molar-refractivity contribution in [3.8, 4) is 0 Å². The van der Waals surface area contributed by atoms with Crippen LogP contribution in [0.4, 0.5) is 17.6 Å². The van der Waals surface area contributed by atoms with Crippen LogP contribution in [-0.2, 0) is 6.18 Å². The summed E-state index contributed by atoms with van der Waals surface area (Å²) in [6.45, 7) is 1.95. The molecule has 136 valence electrons. The van der Waals surface area contributed by atoms with Gasteiger partial charge < -0.3 is 10.2 Å². The van der Waals surface area contributed by atoms with E-state index >= 15 is 0 Å². The maximum absolute atomic E-state index is 13.3. The Kier molecular flexibility index (Phi) is 7.48. The van der Waals surface area contributed by atoms with Gasteiger partial charge in [0.05, 0.1) is 5.56 Å². The molecule has 1 N–H and O–H groups in total. The number of rotatable bonds is 4. The first-order valence-corrected chi connectivity index (χ1v) is 7.63. The number of likely N-dealkylation sites (tertiary alicyclic amines) is 1. The second-order valence-corrected chi connectivity index (χ2v) is 5.82. The van der Waals surface area contributed by atoms with E-state index in [1.54, 1.807) is 4.90 Å². The first-order chi connectivity index (χ1) is 10.8. The van der Waals surface area contributed by atoms with Crippen molar-refractivity contribution in [2.45, 2.75) is 25.4 Å². The van der Waals surface area contributed by atoms with Gasteiger partial charge in [0.2, 0.25) is 0 Å². The summed E-state index contributed by atoms with van der Waals surface area (Å²) in [4.78, 5) is 13.9. The molecule has 1 aromatic rings. The van der Waals surface area contributed by atoms with Gasteiger partial charge in [-0.3, -0.25) is 4.79 Å². The Labute approximate surface area is 144 Å². The molecule has 0 aromatic heterocycles. The highest BCUT2D eigenvalue weighted by atomic mass is 35.5. The number of benzene rings is 1. The van der Waals surface area contributed by atoms with E-state index in [1.165, 1.54) is 0 Å². The highest BCUT2D eigenvalue weighted by Crippen LogP contribution is 2.32. The lowest BCUT2D eigenvalue weighted by Crippen LogP contribution is -2.39. The molecular formula is C16H21ClF4N2O. The Balaban J connectivity index is 0.00000288. The summed E-state index contributed by atoms with van der Waals surface area (Å²) in [5, 5.41) is 3.08. The summed E-state index contributed by atoms with van der Waals surface area (Å²) in [6.07, 6.45) is -2.12. The molecule has 1 aliphatic rings. The minimum Gasteiger partial charge on any atom is -0.339 e. The predicted molar refractivity (Wildman–Crippen MR) is 85.8 cm³/mol. The molecule has 0 unspecified atom stereocenters. The molecule has 0 bridgehead atoms. The zero-order valence-electron chi connectivity index (χ0n) is 13.3. The second-order valence-electron chi connectivity index (χ2n) is 5.82. The summed E-state index contributed by atoms with van der Waals surface area (Å²) in [7, 11) is 1.88. The molecule has 1 aliphatic heterocycles. The molecule has 1 saturated heterocycles. The van der Waals surface area contributed by atoms with E-state index in [0.717, 1.165) is 31.9 Å². The number of hydrogen-bond donors (Lipinski definition) is 1. The molecule has 24 heavy (non-hydrogen) atoms. The van der Waals surface area contributed by atoms with Crippen LogP contribution < -0.4 is 5.32 Å². The van der Waals surface area contributed by atoms with Crippen LogP contribution in [0.15, 0.2) is 18.2 Å².